The molecule has 0 amide bonds. The van der Waals surface area contributed by atoms with E-state index in [9.17, 15) is 4.79 Å². The predicted molar refractivity (Wildman–Crippen MR) is 157 cm³/mol. The number of hydrogen-bond acceptors (Lipinski definition) is 4. The Balaban J connectivity index is 1.42. The van der Waals surface area contributed by atoms with Gasteiger partial charge in [0.2, 0.25) is 0 Å². The summed E-state index contributed by atoms with van der Waals surface area (Å²) in [6, 6.07) is 16.7. The van der Waals surface area contributed by atoms with Crippen molar-refractivity contribution in [2.75, 3.05) is 0 Å². The number of fused-ring (bicyclic) bond motifs is 1. The van der Waals surface area contributed by atoms with Gasteiger partial charge in [-0.05, 0) is 88.4 Å². The van der Waals surface area contributed by atoms with E-state index < -0.39 is 0 Å². The number of aromatic nitrogens is 2. The highest BCUT2D eigenvalue weighted by molar-refractivity contribution is 9.10. The van der Waals surface area contributed by atoms with Crippen molar-refractivity contribution in [3.63, 3.8) is 0 Å². The Hall–Kier alpha value is -2.19. The largest absolute Gasteiger partial charge is 0.488 e. The number of hydrogen-bond donors (Lipinski definition) is 0. The van der Waals surface area contributed by atoms with Crippen LogP contribution in [0.25, 0.3) is 10.9 Å². The van der Waals surface area contributed by atoms with Crippen molar-refractivity contribution >= 4 is 72.2 Å². The van der Waals surface area contributed by atoms with Gasteiger partial charge in [0.1, 0.15) is 18.2 Å². The number of ether oxygens (including phenoxy) is 1. The number of halogens is 4. The second-order valence-electron chi connectivity index (χ2n) is 9.05. The molecule has 0 unspecified atom stereocenters. The van der Waals surface area contributed by atoms with Crippen LogP contribution in [-0.2, 0) is 6.61 Å². The number of nitrogens with zero attached hydrogens (tertiary/aromatic N) is 3. The average molecular weight is 664 g/mol. The third kappa shape index (κ3) is 6.11. The van der Waals surface area contributed by atoms with Crippen LogP contribution in [0, 0.1) is 0 Å². The first-order chi connectivity index (χ1) is 17.9. The zero-order valence-electron chi connectivity index (χ0n) is 19.8. The summed E-state index contributed by atoms with van der Waals surface area (Å²) in [5.74, 6) is 1.63. The lowest BCUT2D eigenvalue weighted by Crippen LogP contribution is -2.25. The standard InChI is InChI=1S/C28H23Br2Cl2N3O2/c29-20-8-10-25-21(14-20)28(36)35(27(34-25)19-4-2-1-3-5-19)33-15-17-7-11-26(22(30)12-17)37-16-18-6-9-23(31)24(32)13-18/h6-15,19H,1-5,16H2. The smallest absolute Gasteiger partial charge is 0.282 e. The molecule has 1 heterocycles. The normalized spacial score (nSPS) is 14.5. The molecule has 0 saturated heterocycles. The number of benzene rings is 3. The lowest BCUT2D eigenvalue weighted by Gasteiger charge is -2.22. The Morgan fingerprint density at radius 1 is 1.00 bits per heavy atom. The van der Waals surface area contributed by atoms with E-state index in [1.807, 2.05) is 36.4 Å². The van der Waals surface area contributed by atoms with Gasteiger partial charge in [0.15, 0.2) is 0 Å². The Morgan fingerprint density at radius 3 is 2.57 bits per heavy atom. The SMILES string of the molecule is O=c1c2cc(Br)ccc2nc(C2CCCCC2)n1N=Cc1ccc(OCc2ccc(Cl)c(Cl)c2)c(Br)c1. The van der Waals surface area contributed by atoms with E-state index in [1.54, 1.807) is 24.4 Å². The maximum Gasteiger partial charge on any atom is 0.282 e. The molecule has 3 aromatic carbocycles. The molecule has 5 nitrogen and oxygen atoms in total. The highest BCUT2D eigenvalue weighted by Gasteiger charge is 2.22. The zero-order valence-corrected chi connectivity index (χ0v) is 24.4. The van der Waals surface area contributed by atoms with E-state index in [4.69, 9.17) is 32.9 Å². The van der Waals surface area contributed by atoms with Crippen molar-refractivity contribution in [2.45, 2.75) is 44.6 Å². The van der Waals surface area contributed by atoms with Crippen LogP contribution in [-0.4, -0.2) is 15.9 Å². The molecule has 5 rings (SSSR count). The third-order valence-electron chi connectivity index (χ3n) is 6.46. The van der Waals surface area contributed by atoms with Crippen LogP contribution in [0.15, 0.2) is 73.4 Å². The first-order valence-corrected chi connectivity index (χ1v) is 14.4. The van der Waals surface area contributed by atoms with Crippen molar-refractivity contribution in [3.05, 3.63) is 101 Å². The maximum absolute atomic E-state index is 13.5. The molecule has 9 heteroatoms. The highest BCUT2D eigenvalue weighted by Crippen LogP contribution is 2.32. The van der Waals surface area contributed by atoms with Gasteiger partial charge in [0.05, 0.1) is 31.6 Å². The van der Waals surface area contributed by atoms with Gasteiger partial charge in [-0.2, -0.15) is 9.78 Å². The maximum atomic E-state index is 13.5. The van der Waals surface area contributed by atoms with Crippen LogP contribution in [0.3, 0.4) is 0 Å². The number of rotatable bonds is 6. The van der Waals surface area contributed by atoms with E-state index in [1.165, 1.54) is 11.1 Å². The summed E-state index contributed by atoms with van der Waals surface area (Å²) in [4.78, 5) is 18.4. The van der Waals surface area contributed by atoms with Crippen LogP contribution < -0.4 is 10.3 Å². The second kappa shape index (κ2) is 11.7. The molecular weight excluding hydrogens is 641 g/mol. The fourth-order valence-electron chi connectivity index (χ4n) is 4.53. The predicted octanol–water partition coefficient (Wildman–Crippen LogP) is 8.74. The highest BCUT2D eigenvalue weighted by atomic mass is 79.9. The summed E-state index contributed by atoms with van der Waals surface area (Å²) in [5, 5.41) is 6.17. The molecule has 0 atom stereocenters. The molecule has 0 aliphatic heterocycles. The van der Waals surface area contributed by atoms with Gasteiger partial charge in [0, 0.05) is 10.4 Å². The Labute approximate surface area is 241 Å². The van der Waals surface area contributed by atoms with Gasteiger partial charge in [-0.25, -0.2) is 4.98 Å². The van der Waals surface area contributed by atoms with Crippen molar-refractivity contribution in [3.8, 4) is 5.75 Å². The monoisotopic (exact) mass is 661 g/mol. The van der Waals surface area contributed by atoms with Crippen LogP contribution in [0.4, 0.5) is 0 Å². The molecule has 37 heavy (non-hydrogen) atoms. The molecule has 0 N–H and O–H groups in total. The minimum atomic E-state index is -0.163. The summed E-state index contributed by atoms with van der Waals surface area (Å²) < 4.78 is 9.04. The first-order valence-electron chi connectivity index (χ1n) is 12.0. The van der Waals surface area contributed by atoms with E-state index in [0.717, 1.165) is 51.6 Å². The minimum Gasteiger partial charge on any atom is -0.488 e. The van der Waals surface area contributed by atoms with Gasteiger partial charge < -0.3 is 4.74 Å². The lowest BCUT2D eigenvalue weighted by molar-refractivity contribution is 0.304. The first kappa shape index (κ1) is 26.4. The molecule has 0 bridgehead atoms. The molecule has 1 aliphatic carbocycles. The minimum absolute atomic E-state index is 0.163. The van der Waals surface area contributed by atoms with Crippen molar-refractivity contribution in [2.24, 2.45) is 5.10 Å². The second-order valence-corrected chi connectivity index (χ2v) is 11.6. The van der Waals surface area contributed by atoms with E-state index in [-0.39, 0.29) is 11.5 Å². The zero-order chi connectivity index (χ0) is 25.9. The van der Waals surface area contributed by atoms with Crippen LogP contribution >= 0.6 is 55.1 Å². The average Bonchev–Trinajstić information content (AvgIpc) is 2.90. The molecule has 1 aliphatic rings. The van der Waals surface area contributed by atoms with Gasteiger partial charge in [-0.1, -0.05) is 64.5 Å². The van der Waals surface area contributed by atoms with Gasteiger partial charge >= 0.3 is 0 Å². The third-order valence-corrected chi connectivity index (χ3v) is 8.31. The summed E-state index contributed by atoms with van der Waals surface area (Å²) in [7, 11) is 0. The quantitative estimate of drug-likeness (QED) is 0.194. The van der Waals surface area contributed by atoms with E-state index >= 15 is 0 Å². The molecule has 1 aromatic heterocycles. The Bertz CT molecular complexity index is 1550. The van der Waals surface area contributed by atoms with Crippen molar-refractivity contribution in [1.82, 2.24) is 9.66 Å². The topological polar surface area (TPSA) is 56.5 Å². The summed E-state index contributed by atoms with van der Waals surface area (Å²) >= 11 is 19.1. The molecule has 190 valence electrons. The Kier molecular flexibility index (Phi) is 8.34. The molecular formula is C28H23Br2Cl2N3O2. The van der Waals surface area contributed by atoms with Crippen LogP contribution in [0.1, 0.15) is 55.0 Å². The summed E-state index contributed by atoms with van der Waals surface area (Å²) in [6.07, 6.45) is 7.21. The fraction of sp³-hybridized carbons (Fsp3) is 0.250. The molecule has 4 aromatic rings. The summed E-state index contributed by atoms with van der Waals surface area (Å²) in [5.41, 5.74) is 2.27. The molecule has 1 fully saturated rings. The van der Waals surface area contributed by atoms with E-state index in [0.29, 0.717) is 33.3 Å². The molecule has 1 saturated carbocycles. The molecule has 0 radical (unpaired) electrons. The Morgan fingerprint density at radius 2 is 1.81 bits per heavy atom. The van der Waals surface area contributed by atoms with Gasteiger partial charge in [0.25, 0.3) is 5.56 Å². The molecule has 0 spiro atoms. The van der Waals surface area contributed by atoms with E-state index in [2.05, 4.69) is 37.0 Å². The van der Waals surface area contributed by atoms with Gasteiger partial charge in [-0.15, -0.1) is 0 Å². The van der Waals surface area contributed by atoms with Crippen molar-refractivity contribution in [1.29, 1.82) is 0 Å². The van der Waals surface area contributed by atoms with Crippen LogP contribution in [0.5, 0.6) is 5.75 Å². The van der Waals surface area contributed by atoms with Gasteiger partial charge in [-0.3, -0.25) is 4.79 Å². The van der Waals surface area contributed by atoms with Crippen molar-refractivity contribution < 1.29 is 4.74 Å². The van der Waals surface area contributed by atoms with Crippen LogP contribution in [0.2, 0.25) is 10.0 Å². The fourth-order valence-corrected chi connectivity index (χ4v) is 5.72. The lowest BCUT2D eigenvalue weighted by atomic mass is 9.88. The summed E-state index contributed by atoms with van der Waals surface area (Å²) in [6.45, 7) is 0.349.